The summed E-state index contributed by atoms with van der Waals surface area (Å²) in [5.74, 6) is 0.840. The van der Waals surface area contributed by atoms with Crippen molar-refractivity contribution in [1.29, 1.82) is 0 Å². The van der Waals surface area contributed by atoms with Gasteiger partial charge in [-0.05, 0) is 50.2 Å². The number of aryl methyl sites for hydroxylation is 2. The summed E-state index contributed by atoms with van der Waals surface area (Å²) in [4.78, 5) is 39.2. The standard InChI is InChI=1S/C27H24N8O4S2/c1-16-12-23(30-17(2)29-16)33-41(38,39)21-10-8-18(9-11-21)31-24(36)13-20-15-40-27-32-25-22(26(37)34(20)27)14-28-35(25)19-6-4-3-5-7-19/h3-12,14,20H,13,15H2,1-2H3,(H,31,36)(H,29,30,33). The maximum atomic E-state index is 13.4. The number of carbonyl (C=O) groups excluding carboxylic acids is 1. The largest absolute Gasteiger partial charge is 0.326 e. The van der Waals surface area contributed by atoms with E-state index in [0.29, 0.717) is 39.1 Å². The van der Waals surface area contributed by atoms with Crippen LogP contribution in [0, 0.1) is 13.8 Å². The van der Waals surface area contributed by atoms with Crippen LogP contribution in [0.1, 0.15) is 24.0 Å². The van der Waals surface area contributed by atoms with Crippen LogP contribution in [-0.4, -0.2) is 49.4 Å². The van der Waals surface area contributed by atoms with Gasteiger partial charge in [0.05, 0.1) is 22.8 Å². The van der Waals surface area contributed by atoms with E-state index in [1.165, 1.54) is 42.2 Å². The van der Waals surface area contributed by atoms with Crippen LogP contribution in [0.4, 0.5) is 11.5 Å². The molecular weight excluding hydrogens is 564 g/mol. The summed E-state index contributed by atoms with van der Waals surface area (Å²) >= 11 is 1.42. The molecular formula is C27H24N8O4S2. The predicted octanol–water partition coefficient (Wildman–Crippen LogP) is 3.47. The molecule has 5 aromatic rings. The van der Waals surface area contributed by atoms with Crippen LogP contribution in [0.15, 0.2) is 81.7 Å². The molecule has 0 spiro atoms. The van der Waals surface area contributed by atoms with Crippen molar-refractivity contribution in [3.8, 4) is 5.69 Å². The number of thioether (sulfide) groups is 1. The SMILES string of the molecule is Cc1cc(NS(=O)(=O)c2ccc(NC(=O)CC3CSc4nc5c(cnn5-c5ccccc5)c(=O)n43)cc2)nc(C)n1. The van der Waals surface area contributed by atoms with E-state index in [9.17, 15) is 18.0 Å². The summed E-state index contributed by atoms with van der Waals surface area (Å²) in [6.45, 7) is 3.43. The highest BCUT2D eigenvalue weighted by Crippen LogP contribution is 2.33. The number of nitrogens with zero attached hydrogens (tertiary/aromatic N) is 6. The first-order valence-corrected chi connectivity index (χ1v) is 15.1. The molecule has 14 heteroatoms. The topological polar surface area (TPSA) is 154 Å². The summed E-state index contributed by atoms with van der Waals surface area (Å²) in [6.07, 6.45) is 1.55. The van der Waals surface area contributed by atoms with Crippen molar-refractivity contribution in [3.63, 3.8) is 0 Å². The van der Waals surface area contributed by atoms with Gasteiger partial charge in [-0.25, -0.2) is 28.1 Å². The number of anilines is 2. The minimum absolute atomic E-state index is 0.0169. The Morgan fingerprint density at radius 3 is 2.54 bits per heavy atom. The maximum absolute atomic E-state index is 13.4. The third-order valence-electron chi connectivity index (χ3n) is 6.45. The molecule has 0 radical (unpaired) electrons. The van der Waals surface area contributed by atoms with Crippen molar-refractivity contribution in [2.24, 2.45) is 0 Å². The van der Waals surface area contributed by atoms with Crippen LogP contribution >= 0.6 is 11.8 Å². The van der Waals surface area contributed by atoms with Gasteiger partial charge < -0.3 is 5.32 Å². The van der Waals surface area contributed by atoms with E-state index >= 15 is 0 Å². The fourth-order valence-electron chi connectivity index (χ4n) is 4.65. The van der Waals surface area contributed by atoms with E-state index in [1.54, 1.807) is 29.2 Å². The monoisotopic (exact) mass is 588 g/mol. The minimum Gasteiger partial charge on any atom is -0.326 e. The van der Waals surface area contributed by atoms with Crippen molar-refractivity contribution in [3.05, 3.63) is 88.7 Å². The summed E-state index contributed by atoms with van der Waals surface area (Å²) in [5.41, 5.74) is 2.10. The number of fused-ring (bicyclic) bond motifs is 2. The maximum Gasteiger partial charge on any atom is 0.265 e. The third-order valence-corrected chi connectivity index (χ3v) is 8.91. The molecule has 0 saturated carbocycles. The van der Waals surface area contributed by atoms with Crippen molar-refractivity contribution < 1.29 is 13.2 Å². The highest BCUT2D eigenvalue weighted by atomic mass is 32.2. The third kappa shape index (κ3) is 5.30. The molecule has 6 rings (SSSR count). The Labute approximate surface area is 238 Å². The van der Waals surface area contributed by atoms with Gasteiger partial charge in [0.25, 0.3) is 15.6 Å². The van der Waals surface area contributed by atoms with E-state index in [1.807, 2.05) is 30.3 Å². The van der Waals surface area contributed by atoms with Gasteiger partial charge in [-0.1, -0.05) is 30.0 Å². The average Bonchev–Trinajstić information content (AvgIpc) is 3.53. The van der Waals surface area contributed by atoms with Crippen LogP contribution in [0.5, 0.6) is 0 Å². The van der Waals surface area contributed by atoms with Crippen LogP contribution in [0.25, 0.3) is 16.7 Å². The fourth-order valence-corrected chi connectivity index (χ4v) is 6.77. The quantitative estimate of drug-likeness (QED) is 0.272. The van der Waals surface area contributed by atoms with Crippen LogP contribution < -0.4 is 15.6 Å². The van der Waals surface area contributed by atoms with Crippen LogP contribution in [-0.2, 0) is 14.8 Å². The van der Waals surface area contributed by atoms with Gasteiger partial charge in [0.1, 0.15) is 17.0 Å². The Bertz CT molecular complexity index is 1940. The molecule has 2 aromatic carbocycles. The minimum atomic E-state index is -3.89. The molecule has 1 aliphatic heterocycles. The van der Waals surface area contributed by atoms with Gasteiger partial charge in [0, 0.05) is 29.6 Å². The summed E-state index contributed by atoms with van der Waals surface area (Å²) in [6, 6.07) is 16.4. The second-order valence-electron chi connectivity index (χ2n) is 9.49. The second kappa shape index (κ2) is 10.4. The Morgan fingerprint density at radius 1 is 1.05 bits per heavy atom. The molecule has 1 atom stereocenters. The zero-order valence-electron chi connectivity index (χ0n) is 22.0. The number of sulfonamides is 1. The molecule has 0 bridgehead atoms. The molecule has 1 amide bonds. The number of carbonyl (C=O) groups is 1. The van der Waals surface area contributed by atoms with Crippen molar-refractivity contribution in [2.75, 3.05) is 15.8 Å². The number of para-hydroxylation sites is 1. The molecule has 12 nitrogen and oxygen atoms in total. The van der Waals surface area contributed by atoms with E-state index in [-0.39, 0.29) is 34.6 Å². The lowest BCUT2D eigenvalue weighted by Crippen LogP contribution is -2.27. The Morgan fingerprint density at radius 2 is 1.80 bits per heavy atom. The molecule has 1 aliphatic rings. The van der Waals surface area contributed by atoms with Gasteiger partial charge in [0.15, 0.2) is 10.8 Å². The van der Waals surface area contributed by atoms with Crippen molar-refractivity contribution in [2.45, 2.75) is 36.4 Å². The molecule has 0 aliphatic carbocycles. The first-order valence-electron chi connectivity index (χ1n) is 12.6. The normalized spacial score (nSPS) is 14.6. The second-order valence-corrected chi connectivity index (χ2v) is 12.2. The smallest absolute Gasteiger partial charge is 0.265 e. The van der Waals surface area contributed by atoms with Crippen molar-refractivity contribution in [1.82, 2.24) is 29.3 Å². The number of nitrogens with one attached hydrogen (secondary N) is 2. The first-order chi connectivity index (χ1) is 19.7. The van der Waals surface area contributed by atoms with Gasteiger partial charge in [-0.15, -0.1) is 0 Å². The summed E-state index contributed by atoms with van der Waals surface area (Å²) < 4.78 is 31.3. The van der Waals surface area contributed by atoms with Gasteiger partial charge in [-0.3, -0.25) is 18.9 Å². The molecule has 4 heterocycles. The number of amides is 1. The number of rotatable bonds is 7. The van der Waals surface area contributed by atoms with E-state index < -0.39 is 10.0 Å². The highest BCUT2D eigenvalue weighted by Gasteiger charge is 2.29. The summed E-state index contributed by atoms with van der Waals surface area (Å²) in [5, 5.41) is 8.07. The van der Waals surface area contributed by atoms with Gasteiger partial charge >= 0.3 is 0 Å². The Kier molecular flexibility index (Phi) is 6.79. The van der Waals surface area contributed by atoms with Gasteiger partial charge in [0.2, 0.25) is 5.91 Å². The van der Waals surface area contributed by atoms with Crippen LogP contribution in [0.2, 0.25) is 0 Å². The number of benzene rings is 2. The number of aromatic nitrogens is 6. The predicted molar refractivity (Wildman–Crippen MR) is 155 cm³/mol. The van der Waals surface area contributed by atoms with Crippen LogP contribution in [0.3, 0.4) is 0 Å². The Balaban J connectivity index is 1.15. The molecule has 0 saturated heterocycles. The first kappa shape index (κ1) is 26.7. The van der Waals surface area contributed by atoms with Crippen molar-refractivity contribution >= 4 is 50.2 Å². The fraction of sp³-hybridized carbons (Fsp3) is 0.185. The highest BCUT2D eigenvalue weighted by molar-refractivity contribution is 7.99. The molecule has 3 aromatic heterocycles. The van der Waals surface area contributed by atoms with E-state index in [2.05, 4.69) is 25.1 Å². The molecule has 1 unspecified atom stereocenters. The molecule has 41 heavy (non-hydrogen) atoms. The van der Waals surface area contributed by atoms with E-state index in [4.69, 9.17) is 4.98 Å². The Hall–Kier alpha value is -4.56. The zero-order valence-corrected chi connectivity index (χ0v) is 23.6. The number of hydrogen-bond donors (Lipinski definition) is 2. The molecule has 208 valence electrons. The lowest BCUT2D eigenvalue weighted by Gasteiger charge is -2.14. The zero-order chi connectivity index (χ0) is 28.7. The lowest BCUT2D eigenvalue weighted by molar-refractivity contribution is -0.116. The van der Waals surface area contributed by atoms with Gasteiger partial charge in [-0.2, -0.15) is 5.10 Å². The lowest BCUT2D eigenvalue weighted by atomic mass is 10.2. The molecule has 2 N–H and O–H groups in total. The number of hydrogen-bond acceptors (Lipinski definition) is 9. The average molecular weight is 589 g/mol. The molecule has 0 fully saturated rings. The van der Waals surface area contributed by atoms with E-state index in [0.717, 1.165) is 5.69 Å². The summed E-state index contributed by atoms with van der Waals surface area (Å²) in [7, 11) is -3.89.